The van der Waals surface area contributed by atoms with Crippen LogP contribution in [0.1, 0.15) is 11.1 Å². The lowest BCUT2D eigenvalue weighted by atomic mass is 10.1. The molecule has 7 heteroatoms. The zero-order chi connectivity index (χ0) is 14.0. The van der Waals surface area contributed by atoms with E-state index in [4.69, 9.17) is 22.6 Å². The lowest BCUT2D eigenvalue weighted by molar-refractivity contribution is 0.591. The third kappa shape index (κ3) is 2.41. The van der Waals surface area contributed by atoms with Crippen LogP contribution in [0.4, 0.5) is 10.1 Å². The first-order valence-electron chi connectivity index (χ1n) is 5.22. The number of rotatable bonds is 2. The number of nitriles is 1. The average Bonchev–Trinajstić information content (AvgIpc) is 2.41. The van der Waals surface area contributed by atoms with Crippen LogP contribution in [0.3, 0.4) is 0 Å². The second-order valence-electron chi connectivity index (χ2n) is 3.77. The van der Waals surface area contributed by atoms with Crippen molar-refractivity contribution >= 4 is 17.3 Å². The van der Waals surface area contributed by atoms with Gasteiger partial charge in [-0.25, -0.2) is 9.37 Å². The Labute approximate surface area is 112 Å². The number of anilines is 1. The molecule has 0 radical (unpaired) electrons. The van der Waals surface area contributed by atoms with Gasteiger partial charge in [-0.05, 0) is 6.07 Å². The van der Waals surface area contributed by atoms with Crippen LogP contribution in [0.25, 0.3) is 0 Å². The van der Waals surface area contributed by atoms with Crippen LogP contribution >= 0.6 is 11.6 Å². The van der Waals surface area contributed by atoms with Gasteiger partial charge in [0.2, 0.25) is 0 Å². The standard InChI is InChI=1S/C12H8ClFN4O/c13-11-10(16)12(19)18(6-17-11)5-8-3-1-2-7(4-15)9(8)14/h1-3,6H,5,16H2. The zero-order valence-electron chi connectivity index (χ0n) is 9.60. The largest absolute Gasteiger partial charge is 0.392 e. The molecule has 1 aromatic heterocycles. The van der Waals surface area contributed by atoms with Crippen LogP contribution in [-0.4, -0.2) is 9.55 Å². The van der Waals surface area contributed by atoms with Gasteiger partial charge in [0.25, 0.3) is 5.56 Å². The van der Waals surface area contributed by atoms with Crippen molar-refractivity contribution in [1.29, 1.82) is 5.26 Å². The van der Waals surface area contributed by atoms with Gasteiger partial charge >= 0.3 is 0 Å². The van der Waals surface area contributed by atoms with E-state index in [0.29, 0.717) is 0 Å². The summed E-state index contributed by atoms with van der Waals surface area (Å²) in [6.07, 6.45) is 1.18. The van der Waals surface area contributed by atoms with Crippen molar-refractivity contribution < 1.29 is 4.39 Å². The monoisotopic (exact) mass is 278 g/mol. The molecule has 0 aliphatic carbocycles. The minimum Gasteiger partial charge on any atom is -0.392 e. The van der Waals surface area contributed by atoms with E-state index in [1.165, 1.54) is 24.5 Å². The summed E-state index contributed by atoms with van der Waals surface area (Å²) in [6.45, 7) is -0.0748. The van der Waals surface area contributed by atoms with Gasteiger partial charge in [-0.1, -0.05) is 23.7 Å². The van der Waals surface area contributed by atoms with Crippen molar-refractivity contribution in [1.82, 2.24) is 9.55 Å². The van der Waals surface area contributed by atoms with E-state index < -0.39 is 11.4 Å². The normalized spacial score (nSPS) is 10.2. The highest BCUT2D eigenvalue weighted by atomic mass is 35.5. The van der Waals surface area contributed by atoms with E-state index in [1.807, 2.05) is 0 Å². The predicted molar refractivity (Wildman–Crippen MR) is 68.1 cm³/mol. The Hall–Kier alpha value is -2.39. The lowest BCUT2D eigenvalue weighted by Crippen LogP contribution is -2.24. The van der Waals surface area contributed by atoms with E-state index in [0.717, 1.165) is 4.57 Å². The topological polar surface area (TPSA) is 84.7 Å². The number of nitrogens with two attached hydrogens (primary N) is 1. The van der Waals surface area contributed by atoms with E-state index in [1.54, 1.807) is 6.07 Å². The minimum absolute atomic E-state index is 0.0748. The highest BCUT2D eigenvalue weighted by Crippen LogP contribution is 2.14. The molecule has 0 unspecified atom stereocenters. The van der Waals surface area contributed by atoms with Gasteiger partial charge in [0.05, 0.1) is 18.4 Å². The molecule has 2 aromatic rings. The molecule has 0 amide bonds. The fraction of sp³-hybridized carbons (Fsp3) is 0.0833. The van der Waals surface area contributed by atoms with E-state index in [2.05, 4.69) is 4.98 Å². The molecule has 96 valence electrons. The summed E-state index contributed by atoms with van der Waals surface area (Å²) in [5.41, 5.74) is 4.82. The number of halogens is 2. The molecule has 0 spiro atoms. The van der Waals surface area contributed by atoms with Gasteiger partial charge in [0.1, 0.15) is 17.6 Å². The fourth-order valence-corrected chi connectivity index (χ4v) is 1.69. The second kappa shape index (κ2) is 5.08. The molecule has 0 aliphatic heterocycles. The van der Waals surface area contributed by atoms with Crippen LogP contribution in [-0.2, 0) is 6.54 Å². The summed E-state index contributed by atoms with van der Waals surface area (Å²) in [4.78, 5) is 15.5. The fourth-order valence-electron chi connectivity index (χ4n) is 1.57. The number of aromatic nitrogens is 2. The Morgan fingerprint density at radius 1 is 1.53 bits per heavy atom. The Balaban J connectivity index is 2.46. The van der Waals surface area contributed by atoms with Gasteiger partial charge in [-0.15, -0.1) is 0 Å². The first-order valence-corrected chi connectivity index (χ1v) is 5.60. The van der Waals surface area contributed by atoms with Crippen LogP contribution in [0, 0.1) is 17.1 Å². The van der Waals surface area contributed by atoms with E-state index >= 15 is 0 Å². The molecule has 19 heavy (non-hydrogen) atoms. The first-order chi connectivity index (χ1) is 9.04. The molecule has 0 saturated heterocycles. The van der Waals surface area contributed by atoms with Crippen LogP contribution in [0.2, 0.25) is 5.15 Å². The molecule has 0 aliphatic rings. The predicted octanol–water partition coefficient (Wildman–Crippen LogP) is 1.54. The Morgan fingerprint density at radius 3 is 2.95 bits per heavy atom. The number of nitrogens with zero attached hydrogens (tertiary/aromatic N) is 3. The average molecular weight is 279 g/mol. The molecule has 2 N–H and O–H groups in total. The summed E-state index contributed by atoms with van der Waals surface area (Å²) in [5.74, 6) is -0.662. The van der Waals surface area contributed by atoms with Gasteiger partial charge in [-0.3, -0.25) is 9.36 Å². The van der Waals surface area contributed by atoms with Crippen molar-refractivity contribution in [2.75, 3.05) is 5.73 Å². The molecular weight excluding hydrogens is 271 g/mol. The van der Waals surface area contributed by atoms with Crippen LogP contribution in [0.15, 0.2) is 29.3 Å². The maximum Gasteiger partial charge on any atom is 0.278 e. The Kier molecular flexibility index (Phi) is 3.49. The molecule has 0 atom stereocenters. The van der Waals surface area contributed by atoms with Crippen LogP contribution in [0.5, 0.6) is 0 Å². The maximum absolute atomic E-state index is 13.9. The van der Waals surface area contributed by atoms with E-state index in [9.17, 15) is 9.18 Å². The van der Waals surface area contributed by atoms with Gasteiger partial charge < -0.3 is 5.73 Å². The van der Waals surface area contributed by atoms with E-state index in [-0.39, 0.29) is 28.5 Å². The number of hydrogen-bond donors (Lipinski definition) is 1. The molecule has 1 aromatic carbocycles. The van der Waals surface area contributed by atoms with Gasteiger partial charge in [0, 0.05) is 5.56 Å². The third-order valence-electron chi connectivity index (χ3n) is 2.56. The summed E-state index contributed by atoms with van der Waals surface area (Å²) >= 11 is 5.60. The van der Waals surface area contributed by atoms with Crippen molar-refractivity contribution in [3.8, 4) is 6.07 Å². The molecule has 1 heterocycles. The molecule has 0 saturated carbocycles. The third-order valence-corrected chi connectivity index (χ3v) is 2.87. The summed E-state index contributed by atoms with van der Waals surface area (Å²) in [7, 11) is 0. The highest BCUT2D eigenvalue weighted by Gasteiger charge is 2.11. The first kappa shape index (κ1) is 13.1. The number of nitrogen functional groups attached to an aromatic ring is 1. The molecule has 5 nitrogen and oxygen atoms in total. The molecular formula is C12H8ClFN4O. The van der Waals surface area contributed by atoms with Gasteiger partial charge in [-0.2, -0.15) is 5.26 Å². The van der Waals surface area contributed by atoms with Crippen molar-refractivity contribution in [3.05, 3.63) is 57.0 Å². The minimum atomic E-state index is -0.662. The highest BCUT2D eigenvalue weighted by molar-refractivity contribution is 6.31. The summed E-state index contributed by atoms with van der Waals surface area (Å²) in [6, 6.07) is 6.11. The quantitative estimate of drug-likeness (QED) is 0.845. The van der Waals surface area contributed by atoms with Crippen LogP contribution < -0.4 is 11.3 Å². The zero-order valence-corrected chi connectivity index (χ0v) is 10.4. The Morgan fingerprint density at radius 2 is 2.26 bits per heavy atom. The van der Waals surface area contributed by atoms with Gasteiger partial charge in [0.15, 0.2) is 5.15 Å². The van der Waals surface area contributed by atoms with Crippen molar-refractivity contribution in [2.24, 2.45) is 0 Å². The second-order valence-corrected chi connectivity index (χ2v) is 4.13. The lowest BCUT2D eigenvalue weighted by Gasteiger charge is -2.08. The smallest absolute Gasteiger partial charge is 0.278 e. The number of benzene rings is 1. The Bertz CT molecular complexity index is 735. The van der Waals surface area contributed by atoms with Crippen molar-refractivity contribution in [2.45, 2.75) is 6.54 Å². The number of hydrogen-bond acceptors (Lipinski definition) is 4. The maximum atomic E-state index is 13.9. The summed E-state index contributed by atoms with van der Waals surface area (Å²) in [5, 5.41) is 8.65. The molecule has 2 rings (SSSR count). The SMILES string of the molecule is N#Cc1cccc(Cn2cnc(Cl)c(N)c2=O)c1F. The summed E-state index contributed by atoms with van der Waals surface area (Å²) < 4.78 is 15.0. The molecule has 0 bridgehead atoms. The molecule has 0 fully saturated rings. The van der Waals surface area contributed by atoms with Crippen molar-refractivity contribution in [3.63, 3.8) is 0 Å².